The van der Waals surface area contributed by atoms with Crippen molar-refractivity contribution in [3.05, 3.63) is 35.9 Å². The molecule has 0 aliphatic heterocycles. The van der Waals surface area contributed by atoms with Crippen LogP contribution in [-0.2, 0) is 9.53 Å². The number of carboxylic acids is 1. The van der Waals surface area contributed by atoms with Gasteiger partial charge in [0.1, 0.15) is 11.6 Å². The van der Waals surface area contributed by atoms with Gasteiger partial charge >= 0.3 is 12.1 Å². The molecule has 21 heavy (non-hydrogen) atoms. The number of carbonyl (C=O) groups excluding carboxylic acids is 2. The predicted molar refractivity (Wildman–Crippen MR) is 76.2 cm³/mol. The summed E-state index contributed by atoms with van der Waals surface area (Å²) in [4.78, 5) is 34.8. The molecule has 0 saturated heterocycles. The minimum atomic E-state index is -1.18. The molecule has 1 rings (SSSR count). The molecule has 1 aromatic rings. The molecule has 114 valence electrons. The molecule has 1 aromatic carbocycles. The van der Waals surface area contributed by atoms with Crippen LogP contribution in [0.25, 0.3) is 0 Å². The van der Waals surface area contributed by atoms with Gasteiger partial charge in [-0.05, 0) is 20.8 Å². The molecular weight excluding hydrogens is 274 g/mol. The van der Waals surface area contributed by atoms with Crippen molar-refractivity contribution in [3.8, 4) is 0 Å². The van der Waals surface area contributed by atoms with Gasteiger partial charge in [0.2, 0.25) is 0 Å². The number of hydrogen-bond donors (Lipinski definition) is 2. The minimum Gasteiger partial charge on any atom is -0.481 e. The van der Waals surface area contributed by atoms with Gasteiger partial charge in [0, 0.05) is 5.56 Å². The normalized spacial score (nSPS) is 12.3. The van der Waals surface area contributed by atoms with E-state index in [0.29, 0.717) is 5.56 Å². The van der Waals surface area contributed by atoms with Crippen molar-refractivity contribution in [2.24, 2.45) is 0 Å². The number of hydrogen-bond acceptors (Lipinski definition) is 4. The van der Waals surface area contributed by atoms with Crippen LogP contribution in [-0.4, -0.2) is 34.6 Å². The molecule has 1 atom stereocenters. The van der Waals surface area contributed by atoms with Gasteiger partial charge in [-0.15, -0.1) is 0 Å². The van der Waals surface area contributed by atoms with E-state index >= 15 is 0 Å². The van der Waals surface area contributed by atoms with Gasteiger partial charge < -0.3 is 15.2 Å². The lowest BCUT2D eigenvalue weighted by Crippen LogP contribution is -2.44. The van der Waals surface area contributed by atoms with Crippen LogP contribution in [0.5, 0.6) is 0 Å². The Hall–Kier alpha value is -2.37. The van der Waals surface area contributed by atoms with E-state index in [9.17, 15) is 14.4 Å². The van der Waals surface area contributed by atoms with Crippen LogP contribution in [0.2, 0.25) is 0 Å². The van der Waals surface area contributed by atoms with E-state index in [1.165, 1.54) is 0 Å². The van der Waals surface area contributed by atoms with E-state index in [1.807, 2.05) is 0 Å². The van der Waals surface area contributed by atoms with Crippen LogP contribution in [0.4, 0.5) is 4.79 Å². The van der Waals surface area contributed by atoms with Gasteiger partial charge in [-0.3, -0.25) is 9.59 Å². The molecule has 6 nitrogen and oxygen atoms in total. The van der Waals surface area contributed by atoms with Crippen LogP contribution >= 0.6 is 0 Å². The lowest BCUT2D eigenvalue weighted by Gasteiger charge is -2.22. The van der Waals surface area contributed by atoms with Crippen molar-refractivity contribution < 1.29 is 24.2 Å². The van der Waals surface area contributed by atoms with Gasteiger partial charge in [-0.2, -0.15) is 0 Å². The molecule has 0 bridgehead atoms. The molecule has 0 heterocycles. The lowest BCUT2D eigenvalue weighted by atomic mass is 10.0. The Kier molecular flexibility index (Phi) is 5.46. The standard InChI is InChI=1S/C15H19NO5/c1-15(2,3)21-14(20)16-11(9-12(17)18)13(19)10-7-5-4-6-8-10/h4-8,11H,9H2,1-3H3,(H,16,20)(H,17,18)/t11-/m0/s1. The summed E-state index contributed by atoms with van der Waals surface area (Å²) in [7, 11) is 0. The largest absolute Gasteiger partial charge is 0.481 e. The van der Waals surface area contributed by atoms with Gasteiger partial charge in [-0.25, -0.2) is 4.79 Å². The maximum Gasteiger partial charge on any atom is 0.408 e. The first-order valence-electron chi connectivity index (χ1n) is 6.49. The highest BCUT2D eigenvalue weighted by molar-refractivity contribution is 6.03. The fraction of sp³-hybridized carbons (Fsp3) is 0.400. The number of ether oxygens (including phenoxy) is 1. The quantitative estimate of drug-likeness (QED) is 0.812. The third kappa shape index (κ3) is 6.07. The van der Waals surface area contributed by atoms with Crippen LogP contribution in [0.1, 0.15) is 37.6 Å². The second-order valence-electron chi connectivity index (χ2n) is 5.53. The second-order valence-corrected chi connectivity index (χ2v) is 5.53. The Morgan fingerprint density at radius 1 is 1.19 bits per heavy atom. The SMILES string of the molecule is CC(C)(C)OC(=O)N[C@@H](CC(=O)O)C(=O)c1ccccc1. The topological polar surface area (TPSA) is 92.7 Å². The Labute approximate surface area is 123 Å². The number of carbonyl (C=O) groups is 3. The van der Waals surface area contributed by atoms with E-state index in [4.69, 9.17) is 9.84 Å². The third-order valence-corrected chi connectivity index (χ3v) is 2.44. The van der Waals surface area contributed by atoms with E-state index < -0.39 is 35.9 Å². The number of carboxylic acid groups (broad SMARTS) is 1. The molecule has 0 unspecified atom stereocenters. The molecule has 0 spiro atoms. The molecule has 0 radical (unpaired) electrons. The number of Topliss-reactive ketones (excluding diaryl/α,β-unsaturated/α-hetero) is 1. The van der Waals surface area contributed by atoms with Gasteiger partial charge in [-0.1, -0.05) is 30.3 Å². The first kappa shape index (κ1) is 16.7. The van der Waals surface area contributed by atoms with Crippen molar-refractivity contribution in [2.45, 2.75) is 38.8 Å². The Morgan fingerprint density at radius 3 is 2.24 bits per heavy atom. The number of nitrogens with one attached hydrogen (secondary N) is 1. The van der Waals surface area contributed by atoms with Crippen molar-refractivity contribution in [3.63, 3.8) is 0 Å². The van der Waals surface area contributed by atoms with Crippen LogP contribution in [0, 0.1) is 0 Å². The lowest BCUT2D eigenvalue weighted by molar-refractivity contribution is -0.137. The molecule has 6 heteroatoms. The van der Waals surface area contributed by atoms with E-state index in [0.717, 1.165) is 0 Å². The zero-order valence-corrected chi connectivity index (χ0v) is 12.3. The van der Waals surface area contributed by atoms with Crippen molar-refractivity contribution in [1.29, 1.82) is 0 Å². The zero-order chi connectivity index (χ0) is 16.0. The molecule has 0 aromatic heterocycles. The summed E-state index contributed by atoms with van der Waals surface area (Å²) in [5, 5.41) is 11.2. The highest BCUT2D eigenvalue weighted by atomic mass is 16.6. The number of benzene rings is 1. The van der Waals surface area contributed by atoms with E-state index in [2.05, 4.69) is 5.32 Å². The summed E-state index contributed by atoms with van der Waals surface area (Å²) < 4.78 is 5.04. The summed E-state index contributed by atoms with van der Waals surface area (Å²) in [5.41, 5.74) is -0.395. The average molecular weight is 293 g/mol. The van der Waals surface area contributed by atoms with Crippen LogP contribution < -0.4 is 5.32 Å². The molecule has 1 amide bonds. The Bertz CT molecular complexity index is 519. The monoisotopic (exact) mass is 293 g/mol. The highest BCUT2D eigenvalue weighted by Crippen LogP contribution is 2.10. The summed E-state index contributed by atoms with van der Waals surface area (Å²) in [5.74, 6) is -1.65. The van der Waals surface area contributed by atoms with Crippen LogP contribution in [0.3, 0.4) is 0 Å². The van der Waals surface area contributed by atoms with Gasteiger partial charge in [0.05, 0.1) is 6.42 Å². The first-order chi connectivity index (χ1) is 9.69. The second kappa shape index (κ2) is 6.88. The number of rotatable bonds is 5. The van der Waals surface area contributed by atoms with Crippen molar-refractivity contribution in [1.82, 2.24) is 5.32 Å². The van der Waals surface area contributed by atoms with Crippen LogP contribution in [0.15, 0.2) is 30.3 Å². The number of amides is 1. The maximum atomic E-state index is 12.2. The fourth-order valence-electron chi connectivity index (χ4n) is 1.64. The Balaban J connectivity index is 2.83. The summed E-state index contributed by atoms with van der Waals surface area (Å²) in [6.45, 7) is 5.04. The summed E-state index contributed by atoms with van der Waals surface area (Å²) >= 11 is 0. The Morgan fingerprint density at radius 2 is 1.76 bits per heavy atom. The van der Waals surface area contributed by atoms with E-state index in [1.54, 1.807) is 51.1 Å². The first-order valence-corrected chi connectivity index (χ1v) is 6.49. The highest BCUT2D eigenvalue weighted by Gasteiger charge is 2.27. The van der Waals surface area contributed by atoms with E-state index in [-0.39, 0.29) is 0 Å². The van der Waals surface area contributed by atoms with Crippen molar-refractivity contribution in [2.75, 3.05) is 0 Å². The maximum absolute atomic E-state index is 12.2. The average Bonchev–Trinajstić information content (AvgIpc) is 2.35. The fourth-order valence-corrected chi connectivity index (χ4v) is 1.64. The van der Waals surface area contributed by atoms with Gasteiger partial charge in [0.25, 0.3) is 0 Å². The third-order valence-electron chi connectivity index (χ3n) is 2.44. The summed E-state index contributed by atoms with van der Waals surface area (Å²) in [6, 6.07) is 7.03. The zero-order valence-electron chi connectivity index (χ0n) is 12.3. The number of alkyl carbamates (subject to hydrolysis) is 1. The van der Waals surface area contributed by atoms with Gasteiger partial charge in [0.15, 0.2) is 5.78 Å². The molecule has 0 fully saturated rings. The molecular formula is C15H19NO5. The number of ketones is 1. The number of aliphatic carboxylic acids is 1. The smallest absolute Gasteiger partial charge is 0.408 e. The molecule has 2 N–H and O–H groups in total. The van der Waals surface area contributed by atoms with Crippen molar-refractivity contribution >= 4 is 17.8 Å². The summed E-state index contributed by atoms with van der Waals surface area (Å²) in [6.07, 6.45) is -1.33. The predicted octanol–water partition coefficient (Wildman–Crippen LogP) is 2.24. The minimum absolute atomic E-state index is 0.333. The molecule has 0 aliphatic rings. The molecule has 0 aliphatic carbocycles. The molecule has 0 saturated carbocycles.